The molecule has 3 rings (SSSR count). The van der Waals surface area contributed by atoms with Gasteiger partial charge in [-0.25, -0.2) is 4.79 Å². The molecular formula is C22H30N4O5. The number of pyridine rings is 1. The molecule has 0 radical (unpaired) electrons. The second-order valence-electron chi connectivity index (χ2n) is 8.13. The largest absolute Gasteiger partial charge is 0.467 e. The normalized spacial score (nSPS) is 20.6. The van der Waals surface area contributed by atoms with E-state index in [1.54, 1.807) is 28.1 Å². The number of carbonyl (C=O) groups is 4. The Hall–Kier alpha value is -2.97. The number of hydrogen-bond donors (Lipinski definition) is 1. The quantitative estimate of drug-likeness (QED) is 0.698. The van der Waals surface area contributed by atoms with Gasteiger partial charge in [-0.1, -0.05) is 19.3 Å². The van der Waals surface area contributed by atoms with Crippen LogP contribution >= 0.6 is 0 Å². The first-order valence-corrected chi connectivity index (χ1v) is 10.8. The number of carbonyl (C=O) groups excluding carboxylic acids is 4. The zero-order valence-corrected chi connectivity index (χ0v) is 18.1. The van der Waals surface area contributed by atoms with Gasteiger partial charge < -0.3 is 19.9 Å². The molecule has 1 aliphatic heterocycles. The molecule has 1 aliphatic carbocycles. The van der Waals surface area contributed by atoms with Gasteiger partial charge in [0.25, 0.3) is 5.91 Å². The average Bonchev–Trinajstić information content (AvgIpc) is 2.83. The van der Waals surface area contributed by atoms with Crippen LogP contribution in [0.5, 0.6) is 0 Å². The van der Waals surface area contributed by atoms with Crippen LogP contribution in [0.1, 0.15) is 49.4 Å². The number of aromatic nitrogens is 1. The summed E-state index contributed by atoms with van der Waals surface area (Å²) < 4.78 is 4.68. The molecule has 1 saturated carbocycles. The van der Waals surface area contributed by atoms with Gasteiger partial charge in [-0.3, -0.25) is 19.4 Å². The molecule has 3 amide bonds. The van der Waals surface area contributed by atoms with Crippen LogP contribution in [0.3, 0.4) is 0 Å². The number of hydrogen-bond acceptors (Lipinski definition) is 6. The van der Waals surface area contributed by atoms with Crippen LogP contribution in [0.4, 0.5) is 0 Å². The zero-order valence-electron chi connectivity index (χ0n) is 18.1. The lowest BCUT2D eigenvalue weighted by atomic mass is 9.87. The van der Waals surface area contributed by atoms with E-state index in [1.807, 2.05) is 0 Å². The molecule has 0 aromatic carbocycles. The number of amides is 3. The van der Waals surface area contributed by atoms with E-state index >= 15 is 0 Å². The van der Waals surface area contributed by atoms with Crippen molar-refractivity contribution >= 4 is 23.7 Å². The second-order valence-corrected chi connectivity index (χ2v) is 8.13. The van der Waals surface area contributed by atoms with Crippen LogP contribution in [0.2, 0.25) is 0 Å². The molecule has 2 aliphatic rings. The first kappa shape index (κ1) is 22.7. The number of nitrogens with one attached hydrogen (secondary N) is 1. The molecule has 2 fully saturated rings. The fourth-order valence-corrected chi connectivity index (χ4v) is 4.26. The number of ether oxygens (including phenoxy) is 1. The minimum absolute atomic E-state index is 0.0425. The zero-order chi connectivity index (χ0) is 22.4. The molecule has 31 heavy (non-hydrogen) atoms. The van der Waals surface area contributed by atoms with Crippen molar-refractivity contribution in [3.63, 3.8) is 0 Å². The van der Waals surface area contributed by atoms with Crippen LogP contribution in [0.15, 0.2) is 24.5 Å². The average molecular weight is 431 g/mol. The van der Waals surface area contributed by atoms with Gasteiger partial charge in [-0.2, -0.15) is 0 Å². The van der Waals surface area contributed by atoms with Crippen molar-refractivity contribution in [2.75, 3.05) is 26.7 Å². The summed E-state index contributed by atoms with van der Waals surface area (Å²) in [6, 6.07) is 1.63. The van der Waals surface area contributed by atoms with Gasteiger partial charge in [-0.15, -0.1) is 0 Å². The van der Waals surface area contributed by atoms with E-state index in [-0.39, 0.29) is 30.8 Å². The van der Waals surface area contributed by atoms with Crippen LogP contribution in [0.25, 0.3) is 0 Å². The molecule has 9 nitrogen and oxygen atoms in total. The molecule has 1 aromatic rings. The number of esters is 1. The maximum Gasteiger partial charge on any atom is 0.328 e. The topological polar surface area (TPSA) is 109 Å². The van der Waals surface area contributed by atoms with Gasteiger partial charge in [0.05, 0.1) is 19.2 Å². The third-order valence-corrected chi connectivity index (χ3v) is 6.03. The summed E-state index contributed by atoms with van der Waals surface area (Å²) in [5.74, 6) is -1.42. The van der Waals surface area contributed by atoms with Crippen molar-refractivity contribution in [3.05, 3.63) is 30.1 Å². The molecule has 1 N–H and O–H groups in total. The fourth-order valence-electron chi connectivity index (χ4n) is 4.26. The van der Waals surface area contributed by atoms with Crippen molar-refractivity contribution in [3.8, 4) is 0 Å². The highest BCUT2D eigenvalue weighted by molar-refractivity contribution is 5.96. The van der Waals surface area contributed by atoms with E-state index in [0.717, 1.165) is 32.1 Å². The Balaban J connectivity index is 1.78. The van der Waals surface area contributed by atoms with E-state index in [1.165, 1.54) is 20.2 Å². The lowest BCUT2D eigenvalue weighted by molar-refractivity contribution is -0.149. The highest BCUT2D eigenvalue weighted by Gasteiger charge is 2.40. The van der Waals surface area contributed by atoms with Crippen molar-refractivity contribution in [2.24, 2.45) is 5.92 Å². The molecule has 1 saturated heterocycles. The molecule has 2 heterocycles. The Kier molecular flexibility index (Phi) is 7.59. The summed E-state index contributed by atoms with van der Waals surface area (Å²) in [6.45, 7) is 2.19. The third kappa shape index (κ3) is 5.39. The van der Waals surface area contributed by atoms with Crippen LogP contribution in [-0.2, 0) is 19.1 Å². The summed E-state index contributed by atoms with van der Waals surface area (Å²) in [7, 11) is 1.25. The Bertz CT molecular complexity index is 809. The van der Waals surface area contributed by atoms with E-state index in [0.29, 0.717) is 12.1 Å². The van der Waals surface area contributed by atoms with E-state index in [2.05, 4.69) is 15.0 Å². The molecular weight excluding hydrogens is 400 g/mol. The van der Waals surface area contributed by atoms with Gasteiger partial charge >= 0.3 is 5.97 Å². The van der Waals surface area contributed by atoms with E-state index < -0.39 is 24.0 Å². The smallest absolute Gasteiger partial charge is 0.328 e. The molecule has 2 atom stereocenters. The Morgan fingerprint density at radius 2 is 1.90 bits per heavy atom. The maximum atomic E-state index is 13.2. The van der Waals surface area contributed by atoms with Gasteiger partial charge in [-0.05, 0) is 31.9 Å². The van der Waals surface area contributed by atoms with Gasteiger partial charge in [0, 0.05) is 31.4 Å². The van der Waals surface area contributed by atoms with Gasteiger partial charge in [0.15, 0.2) is 0 Å². The van der Waals surface area contributed by atoms with Crippen molar-refractivity contribution in [2.45, 2.75) is 51.1 Å². The first-order valence-electron chi connectivity index (χ1n) is 10.8. The lowest BCUT2D eigenvalue weighted by Gasteiger charge is -2.42. The minimum Gasteiger partial charge on any atom is -0.467 e. The number of piperazine rings is 1. The maximum absolute atomic E-state index is 13.2. The lowest BCUT2D eigenvalue weighted by Crippen LogP contribution is -2.63. The fraction of sp³-hybridized carbons (Fsp3) is 0.591. The summed E-state index contributed by atoms with van der Waals surface area (Å²) >= 11 is 0. The minimum atomic E-state index is -0.865. The Labute approximate surface area is 182 Å². The van der Waals surface area contributed by atoms with Crippen LogP contribution in [-0.4, -0.2) is 77.3 Å². The monoisotopic (exact) mass is 430 g/mol. The van der Waals surface area contributed by atoms with Crippen molar-refractivity contribution in [1.29, 1.82) is 0 Å². The van der Waals surface area contributed by atoms with E-state index in [9.17, 15) is 19.2 Å². The summed E-state index contributed by atoms with van der Waals surface area (Å²) in [5, 5.41) is 2.63. The summed E-state index contributed by atoms with van der Waals surface area (Å²) in [5.41, 5.74) is 0.427. The third-order valence-electron chi connectivity index (χ3n) is 6.03. The molecule has 1 aromatic heterocycles. The number of methoxy groups -OCH3 is 1. The Morgan fingerprint density at radius 1 is 1.16 bits per heavy atom. The molecule has 0 bridgehead atoms. The highest BCUT2D eigenvalue weighted by Crippen LogP contribution is 2.27. The van der Waals surface area contributed by atoms with Gasteiger partial charge in [0.1, 0.15) is 12.1 Å². The standard InChI is InChI=1S/C22H30N4O5/c1-15(22(30)31-2)24-19(27)18-14-25(20(28)17-9-6-10-23-13-17)11-12-26(18)21(29)16-7-4-3-5-8-16/h6,9-10,13,15-16,18H,3-5,7-8,11-12,14H2,1-2H3,(H,24,27). The molecule has 0 spiro atoms. The highest BCUT2D eigenvalue weighted by atomic mass is 16.5. The number of nitrogens with zero attached hydrogens (tertiary/aromatic N) is 3. The molecule has 9 heteroatoms. The van der Waals surface area contributed by atoms with Crippen molar-refractivity contribution in [1.82, 2.24) is 20.1 Å². The summed E-state index contributed by atoms with van der Waals surface area (Å²) in [6.07, 6.45) is 7.84. The molecule has 2 unspecified atom stereocenters. The van der Waals surface area contributed by atoms with E-state index in [4.69, 9.17) is 0 Å². The summed E-state index contributed by atoms with van der Waals surface area (Å²) in [4.78, 5) is 58.1. The van der Waals surface area contributed by atoms with Gasteiger partial charge in [0.2, 0.25) is 11.8 Å². The predicted molar refractivity (Wildman–Crippen MR) is 112 cm³/mol. The SMILES string of the molecule is COC(=O)C(C)NC(=O)C1CN(C(=O)c2cccnc2)CCN1C(=O)C1CCCCC1. The number of rotatable bonds is 5. The first-order chi connectivity index (χ1) is 14.9. The van der Waals surface area contributed by atoms with Crippen LogP contribution in [0, 0.1) is 5.92 Å². The molecule has 168 valence electrons. The second kappa shape index (κ2) is 10.4. The Morgan fingerprint density at radius 3 is 2.55 bits per heavy atom. The van der Waals surface area contributed by atoms with Crippen molar-refractivity contribution < 1.29 is 23.9 Å². The van der Waals surface area contributed by atoms with Crippen LogP contribution < -0.4 is 5.32 Å². The predicted octanol–water partition coefficient (Wildman–Crippen LogP) is 0.993.